The second kappa shape index (κ2) is 6.29. The summed E-state index contributed by atoms with van der Waals surface area (Å²) in [6, 6.07) is 13.1. The van der Waals surface area contributed by atoms with Gasteiger partial charge < -0.3 is 5.11 Å². The first-order chi connectivity index (χ1) is 10.5. The fraction of sp³-hybridized carbons (Fsp3) is 0. The second-order valence-electron chi connectivity index (χ2n) is 4.71. The molecule has 0 aliphatic carbocycles. The van der Waals surface area contributed by atoms with Gasteiger partial charge in [-0.15, -0.1) is 0 Å². The molecule has 0 aliphatic rings. The number of pyridine rings is 1. The lowest BCUT2D eigenvalue weighted by Crippen LogP contribution is -1.86. The SMILES string of the molecule is Oc1c(Cl)cc(Cl)c2ccc(/C=C/c3cccc(Br)c3)nc12. The molecule has 1 aromatic heterocycles. The molecular formula is C17H10BrCl2NO. The van der Waals surface area contributed by atoms with Crippen molar-refractivity contribution in [2.75, 3.05) is 0 Å². The van der Waals surface area contributed by atoms with Gasteiger partial charge in [0.15, 0.2) is 5.75 Å². The summed E-state index contributed by atoms with van der Waals surface area (Å²) in [4.78, 5) is 4.42. The van der Waals surface area contributed by atoms with Crippen LogP contribution in [0.1, 0.15) is 11.3 Å². The zero-order valence-corrected chi connectivity index (χ0v) is 14.3. The maximum atomic E-state index is 10.0. The molecule has 1 N–H and O–H groups in total. The van der Waals surface area contributed by atoms with Crippen molar-refractivity contribution in [3.63, 3.8) is 0 Å². The monoisotopic (exact) mass is 393 g/mol. The van der Waals surface area contributed by atoms with Crippen molar-refractivity contribution in [2.24, 2.45) is 0 Å². The van der Waals surface area contributed by atoms with Gasteiger partial charge >= 0.3 is 0 Å². The van der Waals surface area contributed by atoms with Gasteiger partial charge in [-0.2, -0.15) is 0 Å². The summed E-state index contributed by atoms with van der Waals surface area (Å²) < 4.78 is 1.01. The molecule has 2 aromatic carbocycles. The maximum Gasteiger partial charge on any atom is 0.160 e. The van der Waals surface area contributed by atoms with Crippen molar-refractivity contribution >= 4 is 62.2 Å². The molecule has 22 heavy (non-hydrogen) atoms. The zero-order chi connectivity index (χ0) is 15.7. The second-order valence-corrected chi connectivity index (χ2v) is 6.44. The third-order valence-corrected chi connectivity index (χ3v) is 4.27. The summed E-state index contributed by atoms with van der Waals surface area (Å²) in [6.07, 6.45) is 3.82. The van der Waals surface area contributed by atoms with Gasteiger partial charge in [0.1, 0.15) is 5.52 Å². The Morgan fingerprint density at radius 2 is 1.82 bits per heavy atom. The third kappa shape index (κ3) is 3.12. The Morgan fingerprint density at radius 1 is 1.00 bits per heavy atom. The average Bonchev–Trinajstić information content (AvgIpc) is 2.50. The molecule has 5 heteroatoms. The quantitative estimate of drug-likeness (QED) is 0.562. The molecule has 0 aliphatic heterocycles. The standard InChI is InChI=1S/C17H10BrCl2NO/c18-11-3-1-2-10(8-11)4-5-12-6-7-13-14(19)9-15(20)17(22)16(13)21-12/h1-9,22H/b5-4+. The van der Waals surface area contributed by atoms with E-state index in [4.69, 9.17) is 23.2 Å². The number of rotatable bonds is 2. The number of phenolic OH excluding ortho intramolecular Hbond substituents is 1. The Morgan fingerprint density at radius 3 is 2.59 bits per heavy atom. The fourth-order valence-corrected chi connectivity index (χ4v) is 3.04. The first kappa shape index (κ1) is 15.3. The van der Waals surface area contributed by atoms with Crippen LogP contribution in [0.4, 0.5) is 0 Å². The van der Waals surface area contributed by atoms with Gasteiger partial charge in [-0.3, -0.25) is 0 Å². The van der Waals surface area contributed by atoms with E-state index in [1.165, 1.54) is 6.07 Å². The molecule has 0 fully saturated rings. The molecule has 2 nitrogen and oxygen atoms in total. The minimum Gasteiger partial charge on any atom is -0.504 e. The highest BCUT2D eigenvalue weighted by atomic mass is 79.9. The zero-order valence-electron chi connectivity index (χ0n) is 11.2. The topological polar surface area (TPSA) is 33.1 Å². The van der Waals surface area contributed by atoms with Crippen LogP contribution in [0, 0.1) is 0 Å². The molecular weight excluding hydrogens is 385 g/mol. The number of benzene rings is 2. The van der Waals surface area contributed by atoms with Gasteiger partial charge in [-0.05, 0) is 42.0 Å². The molecule has 0 spiro atoms. The van der Waals surface area contributed by atoms with E-state index in [9.17, 15) is 5.11 Å². The molecule has 0 unspecified atom stereocenters. The van der Waals surface area contributed by atoms with Gasteiger partial charge in [0.05, 0.1) is 15.7 Å². The van der Waals surface area contributed by atoms with Gasteiger partial charge in [-0.1, -0.05) is 57.3 Å². The van der Waals surface area contributed by atoms with Crippen LogP contribution in [0.2, 0.25) is 10.0 Å². The highest BCUT2D eigenvalue weighted by Crippen LogP contribution is 2.36. The van der Waals surface area contributed by atoms with Crippen molar-refractivity contribution < 1.29 is 5.11 Å². The van der Waals surface area contributed by atoms with E-state index >= 15 is 0 Å². The lowest BCUT2D eigenvalue weighted by Gasteiger charge is -2.05. The predicted octanol–water partition coefficient (Wildman–Crippen LogP) is 6.18. The average molecular weight is 395 g/mol. The van der Waals surface area contributed by atoms with Crippen LogP contribution < -0.4 is 0 Å². The number of nitrogens with zero attached hydrogens (tertiary/aromatic N) is 1. The van der Waals surface area contributed by atoms with E-state index in [0.29, 0.717) is 21.6 Å². The number of halogens is 3. The molecule has 3 aromatic rings. The predicted molar refractivity (Wildman–Crippen MR) is 96.5 cm³/mol. The number of hydrogen-bond donors (Lipinski definition) is 1. The highest BCUT2D eigenvalue weighted by Gasteiger charge is 2.10. The summed E-state index contributed by atoms with van der Waals surface area (Å²) in [5.74, 6) is -0.0567. The summed E-state index contributed by atoms with van der Waals surface area (Å²) >= 11 is 15.5. The normalized spacial score (nSPS) is 11.4. The Bertz CT molecular complexity index is 893. The molecule has 0 atom stereocenters. The van der Waals surface area contributed by atoms with Crippen LogP contribution in [-0.4, -0.2) is 10.1 Å². The van der Waals surface area contributed by atoms with Crippen molar-refractivity contribution in [3.8, 4) is 5.75 Å². The van der Waals surface area contributed by atoms with Crippen LogP contribution >= 0.6 is 39.1 Å². The van der Waals surface area contributed by atoms with Crippen LogP contribution in [-0.2, 0) is 0 Å². The Hall–Kier alpha value is -1.55. The lowest BCUT2D eigenvalue weighted by molar-refractivity contribution is 0.480. The number of fused-ring (bicyclic) bond motifs is 1. The number of hydrogen-bond acceptors (Lipinski definition) is 2. The Labute approximate surface area is 146 Å². The highest BCUT2D eigenvalue weighted by molar-refractivity contribution is 9.10. The van der Waals surface area contributed by atoms with Gasteiger partial charge in [0.2, 0.25) is 0 Å². The molecule has 0 amide bonds. The molecule has 110 valence electrons. The van der Waals surface area contributed by atoms with Crippen molar-refractivity contribution in [1.29, 1.82) is 0 Å². The van der Waals surface area contributed by atoms with E-state index < -0.39 is 0 Å². The lowest BCUT2D eigenvalue weighted by atomic mass is 10.1. The Kier molecular flexibility index (Phi) is 4.39. The summed E-state index contributed by atoms with van der Waals surface area (Å²) in [5.41, 5.74) is 2.15. The summed E-state index contributed by atoms with van der Waals surface area (Å²) in [7, 11) is 0. The van der Waals surface area contributed by atoms with Crippen LogP contribution in [0.3, 0.4) is 0 Å². The van der Waals surface area contributed by atoms with E-state index in [1.54, 1.807) is 0 Å². The smallest absolute Gasteiger partial charge is 0.160 e. The van der Waals surface area contributed by atoms with E-state index in [0.717, 1.165) is 10.0 Å². The molecule has 0 saturated heterocycles. The van der Waals surface area contributed by atoms with E-state index in [2.05, 4.69) is 20.9 Å². The van der Waals surface area contributed by atoms with E-state index in [-0.39, 0.29) is 10.8 Å². The Balaban J connectivity index is 2.04. The summed E-state index contributed by atoms with van der Waals surface area (Å²) in [5, 5.41) is 11.4. The number of aromatic hydroxyl groups is 1. The molecule has 0 radical (unpaired) electrons. The molecule has 0 saturated carbocycles. The van der Waals surface area contributed by atoms with Gasteiger partial charge in [0, 0.05) is 9.86 Å². The molecule has 1 heterocycles. The minimum atomic E-state index is -0.0567. The van der Waals surface area contributed by atoms with Crippen molar-refractivity contribution in [1.82, 2.24) is 4.98 Å². The van der Waals surface area contributed by atoms with Crippen molar-refractivity contribution in [3.05, 3.63) is 68.2 Å². The third-order valence-electron chi connectivity index (χ3n) is 3.17. The largest absolute Gasteiger partial charge is 0.504 e. The van der Waals surface area contributed by atoms with E-state index in [1.807, 2.05) is 48.6 Å². The number of phenols is 1. The summed E-state index contributed by atoms with van der Waals surface area (Å²) in [6.45, 7) is 0. The van der Waals surface area contributed by atoms with Crippen LogP contribution in [0.5, 0.6) is 5.75 Å². The first-order valence-electron chi connectivity index (χ1n) is 6.46. The number of aromatic nitrogens is 1. The van der Waals surface area contributed by atoms with Crippen LogP contribution in [0.15, 0.2) is 46.9 Å². The maximum absolute atomic E-state index is 10.0. The fourth-order valence-electron chi connectivity index (χ4n) is 2.10. The first-order valence-corrected chi connectivity index (χ1v) is 8.01. The van der Waals surface area contributed by atoms with Crippen LogP contribution in [0.25, 0.3) is 23.1 Å². The minimum absolute atomic E-state index is 0.0567. The van der Waals surface area contributed by atoms with Crippen molar-refractivity contribution in [2.45, 2.75) is 0 Å². The van der Waals surface area contributed by atoms with Gasteiger partial charge in [-0.25, -0.2) is 4.98 Å². The molecule has 3 rings (SSSR count). The molecule has 0 bridgehead atoms. The van der Waals surface area contributed by atoms with Gasteiger partial charge in [0.25, 0.3) is 0 Å².